The molecule has 3 aromatic rings. The third kappa shape index (κ3) is 4.64. The summed E-state index contributed by atoms with van der Waals surface area (Å²) in [5, 5.41) is 8.56. The molecule has 0 bridgehead atoms. The zero-order valence-electron chi connectivity index (χ0n) is 13.3. The molecule has 0 atom stereocenters. The first-order valence-electron chi connectivity index (χ1n) is 7.52. The zero-order valence-corrected chi connectivity index (χ0v) is 15.7. The molecule has 0 unspecified atom stereocenters. The number of anilines is 2. The molecule has 1 heterocycles. The summed E-state index contributed by atoms with van der Waals surface area (Å²) in [6.07, 6.45) is 0. The van der Waals surface area contributed by atoms with E-state index >= 15 is 0 Å². The Morgan fingerprint density at radius 1 is 1.28 bits per heavy atom. The van der Waals surface area contributed by atoms with E-state index in [9.17, 15) is 9.18 Å². The van der Waals surface area contributed by atoms with Crippen LogP contribution in [0.15, 0.2) is 52.3 Å². The van der Waals surface area contributed by atoms with Gasteiger partial charge in [-0.3, -0.25) is 4.79 Å². The Balaban J connectivity index is 1.63. The van der Waals surface area contributed by atoms with Crippen molar-refractivity contribution in [2.45, 2.75) is 6.92 Å². The summed E-state index contributed by atoms with van der Waals surface area (Å²) >= 11 is 4.78. The predicted molar refractivity (Wildman–Crippen MR) is 104 cm³/mol. The van der Waals surface area contributed by atoms with Crippen molar-refractivity contribution >= 4 is 44.5 Å². The van der Waals surface area contributed by atoms with E-state index < -0.39 is 5.82 Å². The Labute approximate surface area is 157 Å². The lowest BCUT2D eigenvalue weighted by Gasteiger charge is -2.09. The molecular weight excluding hydrogens is 405 g/mol. The third-order valence-electron chi connectivity index (χ3n) is 3.43. The van der Waals surface area contributed by atoms with E-state index in [1.807, 2.05) is 30.5 Å². The third-order valence-corrected chi connectivity index (χ3v) is 4.70. The lowest BCUT2D eigenvalue weighted by molar-refractivity contribution is -0.114. The fraction of sp³-hybridized carbons (Fsp3) is 0.111. The molecule has 1 aromatic heterocycles. The number of halogens is 2. The first-order chi connectivity index (χ1) is 12.0. The SMILES string of the molecule is Cc1nc(-c2cccc(NC(=O)CNc3ccc(Br)cc3F)c2)cs1. The first-order valence-corrected chi connectivity index (χ1v) is 9.20. The molecule has 7 heteroatoms. The molecule has 25 heavy (non-hydrogen) atoms. The normalized spacial score (nSPS) is 10.5. The zero-order chi connectivity index (χ0) is 17.8. The molecule has 0 aliphatic heterocycles. The van der Waals surface area contributed by atoms with Gasteiger partial charge in [-0.05, 0) is 37.3 Å². The van der Waals surface area contributed by atoms with Gasteiger partial charge in [0.15, 0.2) is 0 Å². The lowest BCUT2D eigenvalue weighted by Crippen LogP contribution is -2.22. The summed E-state index contributed by atoms with van der Waals surface area (Å²) in [4.78, 5) is 16.5. The van der Waals surface area contributed by atoms with E-state index in [1.54, 1.807) is 29.5 Å². The number of rotatable bonds is 5. The highest BCUT2D eigenvalue weighted by atomic mass is 79.9. The van der Waals surface area contributed by atoms with Crippen LogP contribution in [0.4, 0.5) is 15.8 Å². The van der Waals surface area contributed by atoms with Crippen LogP contribution >= 0.6 is 27.3 Å². The van der Waals surface area contributed by atoms with E-state index in [0.29, 0.717) is 10.2 Å². The second kappa shape index (κ2) is 7.76. The predicted octanol–water partition coefficient (Wildman–Crippen LogP) is 5.07. The van der Waals surface area contributed by atoms with Gasteiger partial charge in [-0.15, -0.1) is 11.3 Å². The van der Waals surface area contributed by atoms with E-state index in [4.69, 9.17) is 0 Å². The van der Waals surface area contributed by atoms with Crippen LogP contribution in [0.1, 0.15) is 5.01 Å². The van der Waals surface area contributed by atoms with Crippen LogP contribution in [0.3, 0.4) is 0 Å². The summed E-state index contributed by atoms with van der Waals surface area (Å²) in [6.45, 7) is 1.92. The number of benzene rings is 2. The number of aryl methyl sites for hydroxylation is 1. The quantitative estimate of drug-likeness (QED) is 0.606. The Hall–Kier alpha value is -2.25. The molecule has 4 nitrogen and oxygen atoms in total. The van der Waals surface area contributed by atoms with E-state index in [2.05, 4.69) is 31.5 Å². The van der Waals surface area contributed by atoms with Crippen molar-refractivity contribution in [3.8, 4) is 11.3 Å². The highest BCUT2D eigenvalue weighted by Crippen LogP contribution is 2.24. The van der Waals surface area contributed by atoms with Crippen molar-refractivity contribution in [3.05, 3.63) is 63.1 Å². The van der Waals surface area contributed by atoms with Crippen molar-refractivity contribution < 1.29 is 9.18 Å². The number of hydrogen-bond acceptors (Lipinski definition) is 4. The molecule has 2 N–H and O–H groups in total. The molecule has 3 rings (SSSR count). The molecular formula is C18H15BrFN3OS. The first kappa shape index (κ1) is 17.6. The van der Waals surface area contributed by atoms with Gasteiger partial charge in [-0.25, -0.2) is 9.37 Å². The van der Waals surface area contributed by atoms with Crippen LogP contribution < -0.4 is 10.6 Å². The monoisotopic (exact) mass is 419 g/mol. The molecule has 0 saturated heterocycles. The smallest absolute Gasteiger partial charge is 0.243 e. The molecule has 1 amide bonds. The summed E-state index contributed by atoms with van der Waals surface area (Å²) in [5.41, 5.74) is 2.78. The maximum Gasteiger partial charge on any atom is 0.243 e. The van der Waals surface area contributed by atoms with Crippen molar-refractivity contribution in [3.63, 3.8) is 0 Å². The highest BCUT2D eigenvalue weighted by molar-refractivity contribution is 9.10. The Kier molecular flexibility index (Phi) is 5.45. The van der Waals surface area contributed by atoms with Gasteiger partial charge in [0, 0.05) is 21.1 Å². The van der Waals surface area contributed by atoms with Gasteiger partial charge in [0.1, 0.15) is 5.82 Å². The van der Waals surface area contributed by atoms with E-state index in [0.717, 1.165) is 16.3 Å². The molecule has 0 saturated carbocycles. The largest absolute Gasteiger partial charge is 0.374 e. The lowest BCUT2D eigenvalue weighted by atomic mass is 10.1. The number of nitrogens with one attached hydrogen (secondary N) is 2. The minimum Gasteiger partial charge on any atom is -0.374 e. The number of thiazole rings is 1. The molecule has 0 aliphatic carbocycles. The van der Waals surface area contributed by atoms with Crippen LogP contribution in [0.25, 0.3) is 11.3 Å². The Morgan fingerprint density at radius 3 is 2.84 bits per heavy atom. The standard InChI is InChI=1S/C18H15BrFN3OS/c1-11-22-17(10-25-11)12-3-2-4-14(7-12)23-18(24)9-21-16-6-5-13(19)8-15(16)20/h2-8,10,21H,9H2,1H3,(H,23,24). The number of hydrogen-bond donors (Lipinski definition) is 2. The number of aromatic nitrogens is 1. The van der Waals surface area contributed by atoms with Gasteiger partial charge in [0.05, 0.1) is 22.9 Å². The number of nitrogens with zero attached hydrogens (tertiary/aromatic N) is 1. The van der Waals surface area contributed by atoms with Crippen LogP contribution in [0, 0.1) is 12.7 Å². The van der Waals surface area contributed by atoms with Gasteiger partial charge < -0.3 is 10.6 Å². The second-order valence-corrected chi connectivity index (χ2v) is 7.34. The van der Waals surface area contributed by atoms with Gasteiger partial charge in [0.25, 0.3) is 0 Å². The molecule has 128 valence electrons. The summed E-state index contributed by atoms with van der Waals surface area (Å²) < 4.78 is 14.4. The van der Waals surface area contributed by atoms with Crippen molar-refractivity contribution in [2.24, 2.45) is 0 Å². The second-order valence-electron chi connectivity index (χ2n) is 5.36. The molecule has 2 aromatic carbocycles. The topological polar surface area (TPSA) is 54.0 Å². The van der Waals surface area contributed by atoms with Crippen molar-refractivity contribution in [1.82, 2.24) is 4.98 Å². The summed E-state index contributed by atoms with van der Waals surface area (Å²) in [6, 6.07) is 12.1. The fourth-order valence-corrected chi connectivity index (χ4v) is 3.22. The fourth-order valence-electron chi connectivity index (χ4n) is 2.27. The van der Waals surface area contributed by atoms with Crippen molar-refractivity contribution in [2.75, 3.05) is 17.2 Å². The molecule has 0 fully saturated rings. The number of carbonyl (C=O) groups is 1. The van der Waals surface area contributed by atoms with Gasteiger partial charge in [-0.1, -0.05) is 28.1 Å². The number of carbonyl (C=O) groups excluding carboxylic acids is 1. The molecule has 0 spiro atoms. The minimum absolute atomic E-state index is 0.0292. The van der Waals surface area contributed by atoms with Gasteiger partial charge in [-0.2, -0.15) is 0 Å². The highest BCUT2D eigenvalue weighted by Gasteiger charge is 2.08. The molecule has 0 radical (unpaired) electrons. The van der Waals surface area contributed by atoms with Crippen molar-refractivity contribution in [1.29, 1.82) is 0 Å². The minimum atomic E-state index is -0.414. The molecule has 0 aliphatic rings. The van der Waals surface area contributed by atoms with Gasteiger partial charge in [0.2, 0.25) is 5.91 Å². The average Bonchev–Trinajstić information content (AvgIpc) is 3.01. The van der Waals surface area contributed by atoms with Gasteiger partial charge >= 0.3 is 0 Å². The Bertz CT molecular complexity index is 913. The van der Waals surface area contributed by atoms with Crippen LogP contribution in [-0.2, 0) is 4.79 Å². The summed E-state index contributed by atoms with van der Waals surface area (Å²) in [7, 11) is 0. The maximum absolute atomic E-state index is 13.7. The van der Waals surface area contributed by atoms with E-state index in [1.165, 1.54) is 6.07 Å². The maximum atomic E-state index is 13.7. The number of amides is 1. The van der Waals surface area contributed by atoms with Crippen LogP contribution in [-0.4, -0.2) is 17.4 Å². The average molecular weight is 420 g/mol. The van der Waals surface area contributed by atoms with E-state index in [-0.39, 0.29) is 18.1 Å². The van der Waals surface area contributed by atoms with Crippen LogP contribution in [0.5, 0.6) is 0 Å². The van der Waals surface area contributed by atoms with Crippen LogP contribution in [0.2, 0.25) is 0 Å². The Morgan fingerprint density at radius 2 is 2.12 bits per heavy atom. The summed E-state index contributed by atoms with van der Waals surface area (Å²) in [5.74, 6) is -0.669.